The third-order valence-corrected chi connectivity index (χ3v) is 8.01. The predicted molar refractivity (Wildman–Crippen MR) is 156 cm³/mol. The molecule has 0 radical (unpaired) electrons. The van der Waals surface area contributed by atoms with Crippen molar-refractivity contribution in [3.63, 3.8) is 0 Å². The molecule has 0 aromatic heterocycles. The number of rotatable bonds is 7. The fourth-order valence-corrected chi connectivity index (χ4v) is 5.49. The number of aryl methyl sites for hydroxylation is 1. The molecule has 0 bridgehead atoms. The maximum Gasteiger partial charge on any atom is 0.253 e. The summed E-state index contributed by atoms with van der Waals surface area (Å²) in [6.45, 7) is 9.46. The Balaban J connectivity index is 1.35. The molecule has 38 heavy (non-hydrogen) atoms. The summed E-state index contributed by atoms with van der Waals surface area (Å²) in [4.78, 5) is 34.6. The summed E-state index contributed by atoms with van der Waals surface area (Å²) in [5.74, 6) is 0.478. The molecule has 2 aliphatic heterocycles. The number of nitrogens with one attached hydrogen (secondary N) is 1. The molecule has 0 spiro atoms. The molecule has 7 nitrogen and oxygen atoms in total. The lowest BCUT2D eigenvalue weighted by atomic mass is 9.88. The molecule has 3 N–H and O–H groups in total. The molecule has 2 aromatic rings. The molecule has 2 heterocycles. The number of nitrogens with zero attached hydrogens (tertiary/aromatic N) is 3. The van der Waals surface area contributed by atoms with Gasteiger partial charge in [-0.3, -0.25) is 14.6 Å². The molecule has 7 heteroatoms. The Morgan fingerprint density at radius 2 is 1.71 bits per heavy atom. The van der Waals surface area contributed by atoms with E-state index in [0.29, 0.717) is 30.6 Å². The van der Waals surface area contributed by atoms with Gasteiger partial charge in [-0.1, -0.05) is 30.3 Å². The number of anilines is 1. The first-order valence-corrected chi connectivity index (χ1v) is 13.7. The number of piperidine rings is 1. The van der Waals surface area contributed by atoms with Gasteiger partial charge in [0, 0.05) is 62.0 Å². The largest absolute Gasteiger partial charge is 0.404 e. The molecular formula is C31H41N5O2. The van der Waals surface area contributed by atoms with Crippen LogP contribution in [0.3, 0.4) is 0 Å². The third kappa shape index (κ3) is 6.33. The first-order chi connectivity index (χ1) is 18.3. The van der Waals surface area contributed by atoms with Gasteiger partial charge in [-0.15, -0.1) is 0 Å². The van der Waals surface area contributed by atoms with Gasteiger partial charge in [0.25, 0.3) is 5.91 Å². The van der Waals surface area contributed by atoms with Crippen LogP contribution in [0.2, 0.25) is 0 Å². The topological polar surface area (TPSA) is 91.0 Å². The molecule has 2 fully saturated rings. The lowest BCUT2D eigenvalue weighted by molar-refractivity contribution is -0.119. The van der Waals surface area contributed by atoms with E-state index in [-0.39, 0.29) is 17.7 Å². The van der Waals surface area contributed by atoms with E-state index in [0.717, 1.165) is 54.7 Å². The van der Waals surface area contributed by atoms with Gasteiger partial charge in [-0.25, -0.2) is 0 Å². The van der Waals surface area contributed by atoms with E-state index >= 15 is 0 Å². The van der Waals surface area contributed by atoms with Crippen molar-refractivity contribution in [3.05, 3.63) is 70.9 Å². The van der Waals surface area contributed by atoms with Crippen molar-refractivity contribution in [3.8, 4) is 0 Å². The Kier molecular flexibility index (Phi) is 9.00. The summed E-state index contributed by atoms with van der Waals surface area (Å²) in [5.41, 5.74) is 11.3. The highest BCUT2D eigenvalue weighted by atomic mass is 16.2. The van der Waals surface area contributed by atoms with Crippen LogP contribution in [0.4, 0.5) is 5.69 Å². The Bertz CT molecular complexity index is 1190. The number of carbonyl (C=O) groups is 2. The Morgan fingerprint density at radius 3 is 2.32 bits per heavy atom. The van der Waals surface area contributed by atoms with Crippen LogP contribution in [-0.4, -0.2) is 67.1 Å². The van der Waals surface area contributed by atoms with Gasteiger partial charge in [0.2, 0.25) is 5.91 Å². The molecule has 2 saturated heterocycles. The highest BCUT2D eigenvalue weighted by molar-refractivity contribution is 6.09. The summed E-state index contributed by atoms with van der Waals surface area (Å²) in [5, 5.41) is 3.11. The SMILES string of the molecule is CN=CC(=CN)c1ccc(C2CCN(C(=O)c3ccc(C)c(NC(=O)C4CCN(C(C)C)C4)c3)CC2)cc1. The first-order valence-electron chi connectivity index (χ1n) is 13.7. The summed E-state index contributed by atoms with van der Waals surface area (Å²) < 4.78 is 0. The van der Waals surface area contributed by atoms with Crippen LogP contribution in [0.5, 0.6) is 0 Å². The number of nitrogens with two attached hydrogens (primary N) is 1. The molecule has 0 aliphatic carbocycles. The molecular weight excluding hydrogens is 474 g/mol. The zero-order valence-corrected chi connectivity index (χ0v) is 23.1. The van der Waals surface area contributed by atoms with Gasteiger partial charge in [0.15, 0.2) is 0 Å². The molecule has 4 rings (SSSR count). The minimum Gasteiger partial charge on any atom is -0.404 e. The molecule has 0 saturated carbocycles. The van der Waals surface area contributed by atoms with E-state index in [4.69, 9.17) is 5.73 Å². The molecule has 2 aromatic carbocycles. The third-order valence-electron chi connectivity index (χ3n) is 8.01. The van der Waals surface area contributed by atoms with Crippen molar-refractivity contribution < 1.29 is 9.59 Å². The van der Waals surface area contributed by atoms with Crippen molar-refractivity contribution in [1.82, 2.24) is 9.80 Å². The molecule has 2 amide bonds. The van der Waals surface area contributed by atoms with E-state index in [1.54, 1.807) is 19.5 Å². The van der Waals surface area contributed by atoms with Gasteiger partial charge in [-0.2, -0.15) is 0 Å². The minimum atomic E-state index is -0.0121. The van der Waals surface area contributed by atoms with E-state index in [1.165, 1.54) is 5.56 Å². The molecule has 1 unspecified atom stereocenters. The van der Waals surface area contributed by atoms with Crippen LogP contribution in [0.1, 0.15) is 66.1 Å². The summed E-state index contributed by atoms with van der Waals surface area (Å²) in [6.07, 6.45) is 6.05. The average Bonchev–Trinajstić information content (AvgIpc) is 3.44. The number of carbonyl (C=O) groups excluding carboxylic acids is 2. The van der Waals surface area contributed by atoms with Gasteiger partial charge >= 0.3 is 0 Å². The van der Waals surface area contributed by atoms with Crippen molar-refractivity contribution in [1.29, 1.82) is 0 Å². The number of benzene rings is 2. The van der Waals surface area contributed by atoms with Gasteiger partial charge in [0.05, 0.1) is 5.92 Å². The number of aliphatic imine (C=N–C) groups is 1. The summed E-state index contributed by atoms with van der Waals surface area (Å²) in [6, 6.07) is 14.6. The summed E-state index contributed by atoms with van der Waals surface area (Å²) >= 11 is 0. The number of allylic oxidation sites excluding steroid dienone is 1. The minimum absolute atomic E-state index is 0.0121. The second-order valence-electron chi connectivity index (χ2n) is 10.8. The molecule has 1 atom stereocenters. The van der Waals surface area contributed by atoms with Crippen LogP contribution in [0, 0.1) is 12.8 Å². The number of hydrogen-bond acceptors (Lipinski definition) is 5. The Hall–Kier alpha value is -3.45. The van der Waals surface area contributed by atoms with Crippen molar-refractivity contribution in [2.45, 2.75) is 52.0 Å². The smallest absolute Gasteiger partial charge is 0.253 e. The van der Waals surface area contributed by atoms with Gasteiger partial charge in [0.1, 0.15) is 0 Å². The van der Waals surface area contributed by atoms with E-state index in [9.17, 15) is 9.59 Å². The number of hydrogen-bond donors (Lipinski definition) is 2. The Labute approximate surface area is 226 Å². The normalized spacial score (nSPS) is 19.4. The average molecular weight is 516 g/mol. The number of likely N-dealkylation sites (tertiary alicyclic amines) is 2. The van der Waals surface area contributed by atoms with Crippen LogP contribution in [0.25, 0.3) is 5.57 Å². The van der Waals surface area contributed by atoms with Crippen LogP contribution < -0.4 is 11.1 Å². The monoisotopic (exact) mass is 515 g/mol. The molecule has 202 valence electrons. The first kappa shape index (κ1) is 27.6. The van der Waals surface area contributed by atoms with Crippen LogP contribution in [0.15, 0.2) is 53.7 Å². The number of amides is 2. The zero-order valence-electron chi connectivity index (χ0n) is 23.1. The van der Waals surface area contributed by atoms with Gasteiger partial charge in [-0.05, 0) is 81.3 Å². The summed E-state index contributed by atoms with van der Waals surface area (Å²) in [7, 11) is 1.73. The highest BCUT2D eigenvalue weighted by Gasteiger charge is 2.30. The molecule has 2 aliphatic rings. The predicted octanol–water partition coefficient (Wildman–Crippen LogP) is 4.68. The van der Waals surface area contributed by atoms with Crippen molar-refractivity contribution in [2.24, 2.45) is 16.6 Å². The Morgan fingerprint density at radius 1 is 1.03 bits per heavy atom. The van der Waals surface area contributed by atoms with Crippen LogP contribution in [-0.2, 0) is 4.79 Å². The maximum absolute atomic E-state index is 13.4. The van der Waals surface area contributed by atoms with Crippen LogP contribution >= 0.6 is 0 Å². The van der Waals surface area contributed by atoms with E-state index in [1.807, 2.05) is 30.0 Å². The second kappa shape index (κ2) is 12.4. The van der Waals surface area contributed by atoms with Crippen molar-refractivity contribution >= 4 is 29.3 Å². The quantitative estimate of drug-likeness (QED) is 0.524. The van der Waals surface area contributed by atoms with E-state index in [2.05, 4.69) is 53.3 Å². The van der Waals surface area contributed by atoms with Crippen molar-refractivity contribution in [2.75, 3.05) is 38.5 Å². The van der Waals surface area contributed by atoms with Gasteiger partial charge < -0.3 is 20.9 Å². The lowest BCUT2D eigenvalue weighted by Gasteiger charge is -2.32. The standard InChI is InChI=1S/C31H41N5O2/c1-21(2)36-16-13-27(20-36)30(37)34-29-17-26(6-5-22(29)3)31(38)35-14-11-25(12-15-35)23-7-9-24(10-8-23)28(18-32)19-33-4/h5-10,17-19,21,25,27H,11-16,20,32H2,1-4H3,(H,34,37). The second-order valence-corrected chi connectivity index (χ2v) is 10.8. The maximum atomic E-state index is 13.4. The van der Waals surface area contributed by atoms with E-state index < -0.39 is 0 Å². The fraction of sp³-hybridized carbons (Fsp3) is 0.452. The lowest BCUT2D eigenvalue weighted by Crippen LogP contribution is -2.38. The fourth-order valence-electron chi connectivity index (χ4n) is 5.49. The zero-order chi connectivity index (χ0) is 27.2. The highest BCUT2D eigenvalue weighted by Crippen LogP contribution is 2.30.